The van der Waals surface area contributed by atoms with Crippen LogP contribution in [0.15, 0.2) is 29.6 Å². The fraction of sp³-hybridized carbons (Fsp3) is 0.500. The summed E-state index contributed by atoms with van der Waals surface area (Å²) >= 11 is 0.360. The van der Waals surface area contributed by atoms with Crippen LogP contribution in [0.2, 0.25) is 0 Å². The van der Waals surface area contributed by atoms with Gasteiger partial charge in [-0.2, -0.15) is 43.9 Å². The SMILES string of the molecule is CCC(C)c1ccc(-c2csc(NC(=O)C(F)(F)C(F)(F)C(F)(F)C(F)(F)C(F)(F)C(F)F)n2)cc1. The van der Waals surface area contributed by atoms with Crippen molar-refractivity contribution >= 4 is 22.4 Å². The zero-order valence-corrected chi connectivity index (χ0v) is 18.9. The highest BCUT2D eigenvalue weighted by Gasteiger charge is 2.89. The number of carbonyl (C=O) groups excluding carboxylic acids is 1. The molecular weight excluding hydrogens is 544 g/mol. The van der Waals surface area contributed by atoms with Crippen molar-refractivity contribution in [3.05, 3.63) is 35.2 Å². The van der Waals surface area contributed by atoms with Gasteiger partial charge in [0.15, 0.2) is 5.13 Å². The average Bonchev–Trinajstić information content (AvgIpc) is 3.26. The summed E-state index contributed by atoms with van der Waals surface area (Å²) in [5.74, 6) is -40.0. The molecule has 0 aliphatic heterocycles. The molecule has 1 amide bonds. The summed E-state index contributed by atoms with van der Waals surface area (Å²) in [5.41, 5.74) is 1.33. The topological polar surface area (TPSA) is 42.0 Å². The number of aromatic nitrogens is 1. The van der Waals surface area contributed by atoms with Crippen LogP contribution >= 0.6 is 11.3 Å². The molecule has 0 saturated carbocycles. The number of hydrogen-bond donors (Lipinski definition) is 1. The first-order valence-electron chi connectivity index (χ1n) is 9.80. The Morgan fingerprint density at radius 3 is 1.92 bits per heavy atom. The Labute approximate surface area is 199 Å². The van der Waals surface area contributed by atoms with E-state index in [0.29, 0.717) is 16.9 Å². The van der Waals surface area contributed by atoms with Gasteiger partial charge >= 0.3 is 41.9 Å². The Morgan fingerprint density at radius 1 is 0.917 bits per heavy atom. The van der Waals surface area contributed by atoms with Crippen molar-refractivity contribution in [2.24, 2.45) is 0 Å². The minimum atomic E-state index is -7.79. The van der Waals surface area contributed by atoms with Crippen molar-refractivity contribution in [3.8, 4) is 11.3 Å². The van der Waals surface area contributed by atoms with Crippen LogP contribution in [0, 0.1) is 0 Å². The maximum absolute atomic E-state index is 13.9. The van der Waals surface area contributed by atoms with Crippen LogP contribution in [0.4, 0.5) is 57.8 Å². The van der Waals surface area contributed by atoms with Crippen LogP contribution in [0.5, 0.6) is 0 Å². The molecule has 0 bridgehead atoms. The number of hydrogen-bond acceptors (Lipinski definition) is 3. The number of halogens is 12. The van der Waals surface area contributed by atoms with Crippen molar-refractivity contribution < 1.29 is 57.5 Å². The average molecular weight is 560 g/mol. The van der Waals surface area contributed by atoms with Gasteiger partial charge in [-0.25, -0.2) is 13.8 Å². The fourth-order valence-electron chi connectivity index (χ4n) is 2.74. The Morgan fingerprint density at radius 2 is 1.44 bits per heavy atom. The smallest absolute Gasteiger partial charge is 0.296 e. The second kappa shape index (κ2) is 9.74. The van der Waals surface area contributed by atoms with Crippen molar-refractivity contribution in [2.45, 2.75) is 62.2 Å². The van der Waals surface area contributed by atoms with Gasteiger partial charge in [-0.3, -0.25) is 10.1 Å². The standard InChI is InChI=1S/C20H16F12N2OS/c1-3-9(2)10-4-6-11(7-5-10)12-8-36-15(33-12)34-14(35)17(25,26)19(29,30)20(31,32)18(27,28)16(23,24)13(21)22/h4-9,13H,3H2,1-2H3,(H,33,34,35). The van der Waals surface area contributed by atoms with Gasteiger partial charge in [-0.1, -0.05) is 38.1 Å². The molecule has 1 aromatic heterocycles. The molecule has 0 fully saturated rings. The van der Waals surface area contributed by atoms with Gasteiger partial charge < -0.3 is 0 Å². The first-order chi connectivity index (χ1) is 16.3. The van der Waals surface area contributed by atoms with Gasteiger partial charge in [-0.15, -0.1) is 11.3 Å². The minimum Gasteiger partial charge on any atom is -0.296 e. The molecule has 0 aliphatic carbocycles. The molecule has 0 radical (unpaired) electrons. The van der Waals surface area contributed by atoms with E-state index >= 15 is 0 Å². The predicted octanol–water partition coefficient (Wildman–Crippen LogP) is 7.70. The zero-order valence-electron chi connectivity index (χ0n) is 18.0. The Hall–Kier alpha value is -2.52. The second-order valence-electron chi connectivity index (χ2n) is 7.64. The van der Waals surface area contributed by atoms with Gasteiger partial charge in [0.1, 0.15) is 0 Å². The summed E-state index contributed by atoms with van der Waals surface area (Å²) in [6.07, 6.45) is -4.81. The highest BCUT2D eigenvalue weighted by Crippen LogP contribution is 2.58. The normalized spacial score (nSPS) is 14.8. The lowest BCUT2D eigenvalue weighted by atomic mass is 9.94. The summed E-state index contributed by atoms with van der Waals surface area (Å²) in [5, 5.41) is 1.32. The maximum atomic E-state index is 13.9. The maximum Gasteiger partial charge on any atom is 0.393 e. The molecule has 36 heavy (non-hydrogen) atoms. The number of nitrogens with zero attached hydrogens (tertiary/aromatic N) is 1. The van der Waals surface area contributed by atoms with E-state index in [1.165, 1.54) is 0 Å². The third-order valence-corrected chi connectivity index (χ3v) is 6.03. The van der Waals surface area contributed by atoms with Crippen LogP contribution < -0.4 is 5.32 Å². The van der Waals surface area contributed by atoms with E-state index in [-0.39, 0.29) is 11.6 Å². The lowest BCUT2D eigenvalue weighted by Gasteiger charge is -2.38. The molecule has 2 aromatic rings. The van der Waals surface area contributed by atoms with Crippen molar-refractivity contribution in [2.75, 3.05) is 5.32 Å². The molecule has 0 spiro atoms. The molecule has 202 valence electrons. The molecule has 2 rings (SSSR count). The van der Waals surface area contributed by atoms with Crippen LogP contribution in [0.1, 0.15) is 31.7 Å². The van der Waals surface area contributed by atoms with Crippen LogP contribution in [0.3, 0.4) is 0 Å². The van der Waals surface area contributed by atoms with Crippen LogP contribution in [-0.2, 0) is 4.79 Å². The molecule has 0 saturated heterocycles. The highest BCUT2D eigenvalue weighted by molar-refractivity contribution is 7.14. The largest absolute Gasteiger partial charge is 0.393 e. The van der Waals surface area contributed by atoms with E-state index < -0.39 is 47.1 Å². The molecule has 1 aromatic carbocycles. The van der Waals surface area contributed by atoms with Gasteiger partial charge in [0.05, 0.1) is 5.69 Å². The lowest BCUT2D eigenvalue weighted by molar-refractivity contribution is -0.406. The van der Waals surface area contributed by atoms with Gasteiger partial charge in [0.2, 0.25) is 0 Å². The Bertz CT molecular complexity index is 1070. The lowest BCUT2D eigenvalue weighted by Crippen LogP contribution is -2.70. The van der Waals surface area contributed by atoms with Crippen molar-refractivity contribution in [1.29, 1.82) is 0 Å². The summed E-state index contributed by atoms with van der Waals surface area (Å²) in [6.45, 7) is 3.88. The number of thiazole rings is 1. The van der Waals surface area contributed by atoms with Crippen molar-refractivity contribution in [1.82, 2.24) is 4.98 Å². The molecule has 1 N–H and O–H groups in total. The number of amides is 1. The molecular formula is C20H16F12N2OS. The summed E-state index contributed by atoms with van der Waals surface area (Å²) in [4.78, 5) is 15.3. The molecule has 1 atom stereocenters. The van der Waals surface area contributed by atoms with E-state index in [1.54, 1.807) is 24.3 Å². The van der Waals surface area contributed by atoms with E-state index in [9.17, 15) is 57.5 Å². The number of anilines is 1. The zero-order chi connectivity index (χ0) is 27.9. The van der Waals surface area contributed by atoms with Crippen LogP contribution in [-0.4, -0.2) is 46.9 Å². The molecule has 1 heterocycles. The van der Waals surface area contributed by atoms with Crippen molar-refractivity contribution in [3.63, 3.8) is 0 Å². The van der Waals surface area contributed by atoms with Gasteiger partial charge in [0, 0.05) is 10.9 Å². The van der Waals surface area contributed by atoms with E-state index in [4.69, 9.17) is 0 Å². The van der Waals surface area contributed by atoms with Crippen LogP contribution in [0.25, 0.3) is 11.3 Å². The van der Waals surface area contributed by atoms with E-state index in [0.717, 1.165) is 22.7 Å². The molecule has 1 unspecified atom stereocenters. The number of alkyl halides is 12. The van der Waals surface area contributed by atoms with E-state index in [2.05, 4.69) is 4.98 Å². The summed E-state index contributed by atoms with van der Waals surface area (Å²) < 4.78 is 159. The van der Waals surface area contributed by atoms with Gasteiger partial charge in [-0.05, 0) is 17.9 Å². The molecule has 16 heteroatoms. The molecule has 3 nitrogen and oxygen atoms in total. The third kappa shape index (κ3) is 4.75. The van der Waals surface area contributed by atoms with E-state index in [1.807, 2.05) is 13.8 Å². The first kappa shape index (κ1) is 29.7. The monoisotopic (exact) mass is 560 g/mol. The summed E-state index contributed by atoms with van der Waals surface area (Å²) in [6, 6.07) is 6.51. The second-order valence-corrected chi connectivity index (χ2v) is 8.50. The molecule has 0 aliphatic rings. The fourth-order valence-corrected chi connectivity index (χ4v) is 3.46. The number of benzene rings is 1. The number of carbonyl (C=O) groups is 1. The third-order valence-electron chi connectivity index (χ3n) is 5.27. The highest BCUT2D eigenvalue weighted by atomic mass is 32.1. The minimum absolute atomic E-state index is 0.0227. The predicted molar refractivity (Wildman–Crippen MR) is 106 cm³/mol. The number of nitrogens with one attached hydrogen (secondary N) is 1. The Kier molecular flexibility index (Phi) is 8.04. The quantitative estimate of drug-likeness (QED) is 0.303. The summed E-state index contributed by atoms with van der Waals surface area (Å²) in [7, 11) is 0. The Balaban J connectivity index is 2.30. The number of rotatable bonds is 10. The van der Waals surface area contributed by atoms with Gasteiger partial charge in [0.25, 0.3) is 0 Å². The first-order valence-corrected chi connectivity index (χ1v) is 10.7.